The third-order valence-electron chi connectivity index (χ3n) is 8.22. The van der Waals surface area contributed by atoms with Gasteiger partial charge in [0.2, 0.25) is 11.0 Å². The number of carboxylic acids is 1. The number of aromatic nitrogens is 1. The molecule has 1 heterocycles. The molecule has 0 aliphatic carbocycles. The third kappa shape index (κ3) is 10.2. The SMILES string of the molecule is Cc1cc(C(=O)O)cc(C)c1OC(=O)c1c2ccccc2[n+](CCCS(=O)(=O)O)c2ccc(OCCC[N+](C)(C)CCCS(=O)(=O)O)cc12. The van der Waals surface area contributed by atoms with Gasteiger partial charge in [-0.15, -0.1) is 0 Å². The Balaban J connectivity index is 1.71. The Kier molecular flexibility index (Phi) is 11.7. The number of benzene rings is 3. The van der Waals surface area contributed by atoms with Gasteiger partial charge in [0.25, 0.3) is 20.2 Å². The number of aromatic carboxylic acids is 1. The highest BCUT2D eigenvalue weighted by Gasteiger charge is 2.27. The van der Waals surface area contributed by atoms with Crippen molar-refractivity contribution < 1.29 is 59.2 Å². The molecular weight excluding hydrogens is 677 g/mol. The number of carbonyl (C=O) groups is 2. The first-order valence-corrected chi connectivity index (χ1v) is 18.9. The molecule has 0 bridgehead atoms. The second kappa shape index (κ2) is 15.2. The largest absolute Gasteiger partial charge is 0.493 e. The fourth-order valence-electron chi connectivity index (χ4n) is 5.95. The second-order valence-corrected chi connectivity index (χ2v) is 15.9. The van der Waals surface area contributed by atoms with Crippen LogP contribution >= 0.6 is 0 Å². The summed E-state index contributed by atoms with van der Waals surface area (Å²) < 4.78 is 78.0. The molecule has 15 heteroatoms. The van der Waals surface area contributed by atoms with E-state index in [1.54, 1.807) is 56.3 Å². The van der Waals surface area contributed by atoms with Gasteiger partial charge in [-0.3, -0.25) is 9.11 Å². The van der Waals surface area contributed by atoms with E-state index in [-0.39, 0.29) is 35.6 Å². The van der Waals surface area contributed by atoms with E-state index >= 15 is 0 Å². The van der Waals surface area contributed by atoms with Crippen LogP contribution in [0.2, 0.25) is 0 Å². The van der Waals surface area contributed by atoms with Gasteiger partial charge in [-0.05, 0) is 55.3 Å². The van der Waals surface area contributed by atoms with Gasteiger partial charge in [0.05, 0.1) is 67.2 Å². The van der Waals surface area contributed by atoms with Crippen LogP contribution in [0.15, 0.2) is 54.6 Å². The molecule has 0 atom stereocenters. The smallest absolute Gasteiger partial charge is 0.345 e. The number of ether oxygens (including phenoxy) is 2. The van der Waals surface area contributed by atoms with E-state index in [4.69, 9.17) is 14.0 Å². The zero-order chi connectivity index (χ0) is 36.1. The first kappa shape index (κ1) is 37.7. The molecule has 0 unspecified atom stereocenters. The van der Waals surface area contributed by atoms with Gasteiger partial charge in [-0.2, -0.15) is 21.4 Å². The van der Waals surface area contributed by atoms with E-state index < -0.39 is 37.9 Å². The number of rotatable bonds is 16. The van der Waals surface area contributed by atoms with Crippen molar-refractivity contribution in [2.45, 2.75) is 39.7 Å². The van der Waals surface area contributed by atoms with Gasteiger partial charge in [-0.1, -0.05) is 12.1 Å². The van der Waals surface area contributed by atoms with E-state index in [0.29, 0.717) is 75.7 Å². The Labute approximate surface area is 285 Å². The molecule has 0 saturated carbocycles. The van der Waals surface area contributed by atoms with Gasteiger partial charge < -0.3 is 19.1 Å². The van der Waals surface area contributed by atoms with Gasteiger partial charge in [0, 0.05) is 31.4 Å². The van der Waals surface area contributed by atoms with Crippen LogP contribution in [0.3, 0.4) is 0 Å². The van der Waals surface area contributed by atoms with Crippen LogP contribution in [0.5, 0.6) is 11.5 Å². The minimum atomic E-state index is -4.20. The van der Waals surface area contributed by atoms with E-state index in [9.17, 15) is 36.1 Å². The molecule has 0 aliphatic heterocycles. The highest BCUT2D eigenvalue weighted by atomic mass is 32.2. The van der Waals surface area contributed by atoms with Crippen molar-refractivity contribution in [2.75, 3.05) is 45.3 Å². The fourth-order valence-corrected chi connectivity index (χ4v) is 6.94. The topological polar surface area (TPSA) is 185 Å². The molecule has 0 aliphatic rings. The lowest BCUT2D eigenvalue weighted by molar-refractivity contribution is -0.890. The molecule has 0 amide bonds. The van der Waals surface area contributed by atoms with Crippen molar-refractivity contribution in [3.63, 3.8) is 0 Å². The maximum absolute atomic E-state index is 14.1. The lowest BCUT2D eigenvalue weighted by Crippen LogP contribution is -2.42. The van der Waals surface area contributed by atoms with Crippen molar-refractivity contribution in [1.29, 1.82) is 0 Å². The minimum Gasteiger partial charge on any atom is -0.493 e. The average molecular weight is 719 g/mol. The van der Waals surface area contributed by atoms with Crippen LogP contribution in [0.1, 0.15) is 51.1 Å². The van der Waals surface area contributed by atoms with Gasteiger partial charge in [0.1, 0.15) is 11.5 Å². The molecule has 3 aromatic carbocycles. The first-order valence-electron chi connectivity index (χ1n) is 15.7. The molecule has 13 nitrogen and oxygen atoms in total. The molecule has 0 fully saturated rings. The third-order valence-corrected chi connectivity index (χ3v) is 9.83. The number of pyridine rings is 1. The van der Waals surface area contributed by atoms with Crippen LogP contribution in [0, 0.1) is 13.8 Å². The predicted molar refractivity (Wildman–Crippen MR) is 184 cm³/mol. The number of carboxylic acid groups (broad SMARTS) is 1. The van der Waals surface area contributed by atoms with Crippen molar-refractivity contribution in [1.82, 2.24) is 0 Å². The number of aryl methyl sites for hydroxylation is 3. The van der Waals surface area contributed by atoms with Crippen molar-refractivity contribution in [2.24, 2.45) is 0 Å². The molecule has 0 spiro atoms. The van der Waals surface area contributed by atoms with Crippen molar-refractivity contribution in [3.8, 4) is 11.5 Å². The Morgan fingerprint density at radius 1 is 0.796 bits per heavy atom. The Bertz CT molecular complexity index is 2090. The highest BCUT2D eigenvalue weighted by Crippen LogP contribution is 2.32. The van der Waals surface area contributed by atoms with E-state index in [1.165, 1.54) is 12.1 Å². The van der Waals surface area contributed by atoms with Crippen LogP contribution < -0.4 is 14.0 Å². The summed E-state index contributed by atoms with van der Waals surface area (Å²) in [7, 11) is -4.30. The normalized spacial score (nSPS) is 12.4. The highest BCUT2D eigenvalue weighted by molar-refractivity contribution is 7.86. The van der Waals surface area contributed by atoms with Crippen molar-refractivity contribution in [3.05, 3.63) is 76.9 Å². The van der Waals surface area contributed by atoms with E-state index in [1.807, 2.05) is 18.7 Å². The van der Waals surface area contributed by atoms with Crippen LogP contribution in [-0.4, -0.2) is 92.8 Å². The average Bonchev–Trinajstić information content (AvgIpc) is 2.99. The molecule has 3 N–H and O–H groups in total. The van der Waals surface area contributed by atoms with Gasteiger partial charge in [-0.25, -0.2) is 9.59 Å². The number of hydrogen-bond donors (Lipinski definition) is 3. The molecule has 49 heavy (non-hydrogen) atoms. The van der Waals surface area contributed by atoms with Crippen LogP contribution in [-0.2, 0) is 26.8 Å². The van der Waals surface area contributed by atoms with Crippen LogP contribution in [0.4, 0.5) is 0 Å². The number of nitrogens with zero attached hydrogens (tertiary/aromatic N) is 2. The van der Waals surface area contributed by atoms with Crippen molar-refractivity contribution >= 4 is 54.0 Å². The lowest BCUT2D eigenvalue weighted by atomic mass is 10.0. The number of carbonyl (C=O) groups excluding carboxylic acids is 1. The number of para-hydroxylation sites is 1. The van der Waals surface area contributed by atoms with Gasteiger partial charge in [0.15, 0.2) is 6.54 Å². The summed E-state index contributed by atoms with van der Waals surface area (Å²) in [6.45, 7) is 5.07. The van der Waals surface area contributed by atoms with Gasteiger partial charge >= 0.3 is 11.9 Å². The Morgan fingerprint density at radius 3 is 2.02 bits per heavy atom. The summed E-state index contributed by atoms with van der Waals surface area (Å²) >= 11 is 0. The summed E-state index contributed by atoms with van der Waals surface area (Å²) in [6, 6.07) is 15.2. The van der Waals surface area contributed by atoms with Crippen LogP contribution in [0.25, 0.3) is 21.8 Å². The number of hydrogen-bond acceptors (Lipinski definition) is 8. The number of fused-ring (bicyclic) bond motifs is 2. The Hall–Kier alpha value is -4.15. The second-order valence-electron chi connectivity index (χ2n) is 12.7. The maximum atomic E-state index is 14.1. The standard InChI is InChI=1S/C34H40N2O11S2/c1-23-20-25(33(37)38)21-24(2)32(23)47-34(39)31-27-10-5-6-11-29(27)35(14-7-18-48(40,41)42)30-13-12-26(22-28(30)31)46-17-8-15-36(3,4)16-9-19-49(43,44)45/h5-6,10-13,20-22H,7-9,14-19H2,1-4H3,(H-2,37,38,40,41,42,43,44,45)/p+2. The maximum Gasteiger partial charge on any atom is 0.345 e. The van der Waals surface area contributed by atoms with E-state index in [2.05, 4.69) is 0 Å². The summed E-state index contributed by atoms with van der Waals surface area (Å²) in [5.41, 5.74) is 2.48. The van der Waals surface area contributed by atoms with E-state index in [0.717, 1.165) is 0 Å². The zero-order valence-corrected chi connectivity index (χ0v) is 29.5. The molecule has 264 valence electrons. The number of esters is 1. The summed E-state index contributed by atoms with van der Waals surface area (Å²) in [6.07, 6.45) is 1.05. The molecule has 4 rings (SSSR count). The lowest BCUT2D eigenvalue weighted by Gasteiger charge is -2.29. The minimum absolute atomic E-state index is 0.0680. The predicted octanol–water partition coefficient (Wildman–Crippen LogP) is 4.22. The molecular formula is C34H42N2O11S2+2. The quantitative estimate of drug-likeness (QED) is 0.0287. The first-order chi connectivity index (χ1) is 22.8. The zero-order valence-electron chi connectivity index (χ0n) is 27.9. The fraction of sp³-hybridized carbons (Fsp3) is 0.382. The molecule has 1 aromatic heterocycles. The summed E-state index contributed by atoms with van der Waals surface area (Å²) in [4.78, 5) is 25.7. The monoisotopic (exact) mass is 718 g/mol. The summed E-state index contributed by atoms with van der Waals surface area (Å²) in [5, 5.41) is 10.5. The summed E-state index contributed by atoms with van der Waals surface area (Å²) in [5.74, 6) is -1.82. The number of quaternary nitrogens is 1. The Morgan fingerprint density at radius 2 is 1.39 bits per heavy atom. The molecule has 0 radical (unpaired) electrons. The molecule has 4 aromatic rings. The molecule has 0 saturated heterocycles.